The molecule has 0 amide bonds. The van der Waals surface area contributed by atoms with Gasteiger partial charge in [0.15, 0.2) is 0 Å². The molecule has 2 aromatic rings. The van der Waals surface area contributed by atoms with Gasteiger partial charge in [0.25, 0.3) is 0 Å². The van der Waals surface area contributed by atoms with Gasteiger partial charge in [0.2, 0.25) is 0 Å². The molecule has 0 unspecified atom stereocenters. The zero-order valence-electron chi connectivity index (χ0n) is 8.45. The Labute approximate surface area is 111 Å². The van der Waals surface area contributed by atoms with Gasteiger partial charge in [0.05, 0.1) is 4.47 Å². The minimum absolute atomic E-state index is 0.747. The summed E-state index contributed by atoms with van der Waals surface area (Å²) in [5, 5.41) is 3.28. The molecular formula is C12H10Br2N2. The summed E-state index contributed by atoms with van der Waals surface area (Å²) in [6, 6.07) is 12.0. The fourth-order valence-corrected chi connectivity index (χ4v) is 2.16. The highest BCUT2D eigenvalue weighted by Gasteiger charge is 2.01. The van der Waals surface area contributed by atoms with E-state index >= 15 is 0 Å². The van der Waals surface area contributed by atoms with E-state index < -0.39 is 0 Å². The lowest BCUT2D eigenvalue weighted by Crippen LogP contribution is -2.02. The van der Waals surface area contributed by atoms with Crippen molar-refractivity contribution in [2.75, 3.05) is 5.32 Å². The van der Waals surface area contributed by atoms with Crippen molar-refractivity contribution in [3.05, 3.63) is 57.1 Å². The molecule has 0 fully saturated rings. The van der Waals surface area contributed by atoms with Gasteiger partial charge in [0, 0.05) is 17.2 Å². The van der Waals surface area contributed by atoms with Gasteiger partial charge < -0.3 is 5.32 Å². The lowest BCUT2D eigenvalue weighted by atomic mass is 10.2. The van der Waals surface area contributed by atoms with Gasteiger partial charge in [0.1, 0.15) is 5.82 Å². The highest BCUT2D eigenvalue weighted by atomic mass is 79.9. The van der Waals surface area contributed by atoms with Crippen molar-refractivity contribution in [1.29, 1.82) is 0 Å². The molecule has 4 heteroatoms. The molecule has 0 bridgehead atoms. The van der Waals surface area contributed by atoms with Crippen molar-refractivity contribution in [2.24, 2.45) is 0 Å². The quantitative estimate of drug-likeness (QED) is 0.904. The van der Waals surface area contributed by atoms with Crippen LogP contribution in [0.25, 0.3) is 0 Å². The maximum absolute atomic E-state index is 4.25. The topological polar surface area (TPSA) is 24.9 Å². The summed E-state index contributed by atoms with van der Waals surface area (Å²) in [5.41, 5.74) is 1.21. The van der Waals surface area contributed by atoms with Crippen LogP contribution >= 0.6 is 31.9 Å². The molecule has 0 saturated carbocycles. The summed E-state index contributed by atoms with van der Waals surface area (Å²) in [4.78, 5) is 4.25. The second-order valence-corrected chi connectivity index (χ2v) is 4.99. The van der Waals surface area contributed by atoms with Crippen molar-refractivity contribution in [2.45, 2.75) is 6.54 Å². The lowest BCUT2D eigenvalue weighted by Gasteiger charge is -2.08. The Kier molecular flexibility index (Phi) is 3.96. The SMILES string of the molecule is Brc1ccccc1CNc1ncccc1Br. The van der Waals surface area contributed by atoms with Crippen molar-refractivity contribution in [3.63, 3.8) is 0 Å². The van der Waals surface area contributed by atoms with Crippen LogP contribution in [0.15, 0.2) is 51.5 Å². The molecule has 0 aliphatic carbocycles. The lowest BCUT2D eigenvalue weighted by molar-refractivity contribution is 1.10. The molecule has 16 heavy (non-hydrogen) atoms. The molecule has 1 aromatic carbocycles. The number of halogens is 2. The van der Waals surface area contributed by atoms with Gasteiger partial charge in [-0.2, -0.15) is 0 Å². The highest BCUT2D eigenvalue weighted by Crippen LogP contribution is 2.21. The third-order valence-electron chi connectivity index (χ3n) is 2.16. The number of benzene rings is 1. The number of pyridine rings is 1. The van der Waals surface area contributed by atoms with Crippen LogP contribution < -0.4 is 5.32 Å². The minimum atomic E-state index is 0.747. The highest BCUT2D eigenvalue weighted by molar-refractivity contribution is 9.10. The number of hydrogen-bond donors (Lipinski definition) is 1. The zero-order chi connectivity index (χ0) is 11.4. The van der Waals surface area contributed by atoms with E-state index in [1.54, 1.807) is 6.20 Å². The predicted octanol–water partition coefficient (Wildman–Crippen LogP) is 4.22. The van der Waals surface area contributed by atoms with Gasteiger partial charge in [-0.25, -0.2) is 4.98 Å². The van der Waals surface area contributed by atoms with E-state index in [1.807, 2.05) is 30.3 Å². The van der Waals surface area contributed by atoms with E-state index in [9.17, 15) is 0 Å². The first kappa shape index (κ1) is 11.6. The van der Waals surface area contributed by atoms with E-state index in [1.165, 1.54) is 5.56 Å². The van der Waals surface area contributed by atoms with Crippen LogP contribution in [0.4, 0.5) is 5.82 Å². The summed E-state index contributed by atoms with van der Waals surface area (Å²) in [5.74, 6) is 0.859. The summed E-state index contributed by atoms with van der Waals surface area (Å²) >= 11 is 6.97. The van der Waals surface area contributed by atoms with Crippen LogP contribution in [-0.2, 0) is 6.54 Å². The number of hydrogen-bond acceptors (Lipinski definition) is 2. The number of rotatable bonds is 3. The predicted molar refractivity (Wildman–Crippen MR) is 73.4 cm³/mol. The monoisotopic (exact) mass is 340 g/mol. The summed E-state index contributed by atoms with van der Waals surface area (Å²) in [7, 11) is 0. The molecule has 82 valence electrons. The third-order valence-corrected chi connectivity index (χ3v) is 3.58. The standard InChI is InChI=1S/C12H10Br2N2/c13-10-5-2-1-4-9(10)8-16-12-11(14)6-3-7-15-12/h1-7H,8H2,(H,15,16). The molecule has 1 N–H and O–H groups in total. The van der Waals surface area contributed by atoms with E-state index in [2.05, 4.69) is 48.2 Å². The van der Waals surface area contributed by atoms with Crippen molar-refractivity contribution < 1.29 is 0 Å². The molecule has 1 heterocycles. The maximum atomic E-state index is 4.25. The molecule has 0 aliphatic heterocycles. The zero-order valence-corrected chi connectivity index (χ0v) is 11.6. The van der Waals surface area contributed by atoms with Crippen LogP contribution in [-0.4, -0.2) is 4.98 Å². The van der Waals surface area contributed by atoms with E-state index in [4.69, 9.17) is 0 Å². The average Bonchev–Trinajstić information content (AvgIpc) is 2.30. The first-order valence-electron chi connectivity index (χ1n) is 4.85. The fourth-order valence-electron chi connectivity index (χ4n) is 1.34. The Hall–Kier alpha value is -0.870. The Morgan fingerprint density at radius 2 is 1.75 bits per heavy atom. The third kappa shape index (κ3) is 2.83. The molecule has 0 aliphatic rings. The Bertz CT molecular complexity index is 440. The normalized spacial score (nSPS) is 10.1. The number of nitrogens with one attached hydrogen (secondary N) is 1. The Balaban J connectivity index is 2.09. The largest absolute Gasteiger partial charge is 0.365 e. The molecule has 2 nitrogen and oxygen atoms in total. The summed E-state index contributed by atoms with van der Waals surface area (Å²) < 4.78 is 2.08. The van der Waals surface area contributed by atoms with Crippen molar-refractivity contribution in [1.82, 2.24) is 4.98 Å². The van der Waals surface area contributed by atoms with Crippen LogP contribution in [0.2, 0.25) is 0 Å². The van der Waals surface area contributed by atoms with Gasteiger partial charge in [-0.3, -0.25) is 0 Å². The summed E-state index contributed by atoms with van der Waals surface area (Å²) in [6.07, 6.45) is 1.77. The molecule has 1 aromatic heterocycles. The molecular weight excluding hydrogens is 332 g/mol. The van der Waals surface area contributed by atoms with Crippen molar-refractivity contribution in [3.8, 4) is 0 Å². The van der Waals surface area contributed by atoms with Crippen LogP contribution in [0.1, 0.15) is 5.56 Å². The number of nitrogens with zero attached hydrogens (tertiary/aromatic N) is 1. The molecule has 0 spiro atoms. The Morgan fingerprint density at radius 3 is 2.50 bits per heavy atom. The van der Waals surface area contributed by atoms with Crippen molar-refractivity contribution >= 4 is 37.7 Å². The molecule has 0 radical (unpaired) electrons. The van der Waals surface area contributed by atoms with Crippen LogP contribution in [0.5, 0.6) is 0 Å². The van der Waals surface area contributed by atoms with Gasteiger partial charge >= 0.3 is 0 Å². The molecule has 0 atom stereocenters. The minimum Gasteiger partial charge on any atom is -0.365 e. The first-order chi connectivity index (χ1) is 7.77. The maximum Gasteiger partial charge on any atom is 0.140 e. The number of anilines is 1. The summed E-state index contributed by atoms with van der Waals surface area (Å²) in [6.45, 7) is 0.747. The van der Waals surface area contributed by atoms with Gasteiger partial charge in [-0.15, -0.1) is 0 Å². The second kappa shape index (κ2) is 5.46. The van der Waals surface area contributed by atoms with E-state index in [-0.39, 0.29) is 0 Å². The van der Waals surface area contributed by atoms with E-state index in [0.29, 0.717) is 0 Å². The second-order valence-electron chi connectivity index (χ2n) is 3.28. The average molecular weight is 342 g/mol. The fraction of sp³-hybridized carbons (Fsp3) is 0.0833. The van der Waals surface area contributed by atoms with Crippen LogP contribution in [0, 0.1) is 0 Å². The molecule has 0 saturated heterocycles. The van der Waals surface area contributed by atoms with E-state index in [0.717, 1.165) is 21.3 Å². The number of aromatic nitrogens is 1. The van der Waals surface area contributed by atoms with Crippen LogP contribution in [0.3, 0.4) is 0 Å². The Morgan fingerprint density at radius 1 is 1.00 bits per heavy atom. The smallest absolute Gasteiger partial charge is 0.140 e. The van der Waals surface area contributed by atoms with Gasteiger partial charge in [-0.1, -0.05) is 34.1 Å². The van der Waals surface area contributed by atoms with Gasteiger partial charge in [-0.05, 0) is 39.7 Å². The molecule has 2 rings (SSSR count). The first-order valence-corrected chi connectivity index (χ1v) is 6.44.